The number of pyridine rings is 1. The van der Waals surface area contributed by atoms with Gasteiger partial charge >= 0.3 is 0 Å². The molecule has 0 amide bonds. The van der Waals surface area contributed by atoms with E-state index >= 15 is 0 Å². The number of hydrogen-bond acceptors (Lipinski definition) is 3. The quantitative estimate of drug-likeness (QED) is 0.854. The van der Waals surface area contributed by atoms with Crippen LogP contribution in [0.1, 0.15) is 38.0 Å². The average Bonchev–Trinajstić information content (AvgIpc) is 2.55. The van der Waals surface area contributed by atoms with Crippen LogP contribution in [0, 0.1) is 5.41 Å². The minimum Gasteiger partial charge on any atom is -0.367 e. The smallest absolute Gasteiger partial charge is 0.0956 e. The molecule has 1 aliphatic heterocycles. The summed E-state index contributed by atoms with van der Waals surface area (Å²) in [6.45, 7) is 9.62. The molecular formula is C20H26N2O. The minimum absolute atomic E-state index is 0.129. The van der Waals surface area contributed by atoms with Gasteiger partial charge in [-0.1, -0.05) is 51.1 Å². The topological polar surface area (TPSA) is 25.4 Å². The van der Waals surface area contributed by atoms with Crippen molar-refractivity contribution >= 4 is 0 Å². The molecule has 1 fully saturated rings. The predicted octanol–water partition coefficient (Wildman–Crippen LogP) is 4.07. The van der Waals surface area contributed by atoms with Gasteiger partial charge in [-0.25, -0.2) is 0 Å². The highest BCUT2D eigenvalue weighted by atomic mass is 16.5. The van der Waals surface area contributed by atoms with Crippen LogP contribution in [0.5, 0.6) is 0 Å². The van der Waals surface area contributed by atoms with E-state index in [1.807, 2.05) is 12.4 Å². The van der Waals surface area contributed by atoms with Crippen LogP contribution in [-0.4, -0.2) is 29.1 Å². The van der Waals surface area contributed by atoms with E-state index in [-0.39, 0.29) is 17.6 Å². The number of aromatic nitrogens is 1. The molecule has 0 bridgehead atoms. The molecular weight excluding hydrogens is 284 g/mol. The van der Waals surface area contributed by atoms with Crippen molar-refractivity contribution in [2.24, 2.45) is 5.41 Å². The SMILES string of the molecule is CC(C)(C)[C@H]1CN(Cc2ccncc2)C[C@@H](c2ccccc2)O1. The fourth-order valence-electron chi connectivity index (χ4n) is 3.03. The molecule has 23 heavy (non-hydrogen) atoms. The van der Waals surface area contributed by atoms with Crippen LogP contribution in [0.15, 0.2) is 54.9 Å². The summed E-state index contributed by atoms with van der Waals surface area (Å²) >= 11 is 0. The highest BCUT2D eigenvalue weighted by Gasteiger charge is 2.35. The number of hydrogen-bond donors (Lipinski definition) is 0. The Hall–Kier alpha value is -1.71. The molecule has 0 saturated carbocycles. The van der Waals surface area contributed by atoms with Crippen molar-refractivity contribution in [1.82, 2.24) is 9.88 Å². The van der Waals surface area contributed by atoms with Gasteiger partial charge in [0.25, 0.3) is 0 Å². The van der Waals surface area contributed by atoms with Crippen molar-refractivity contribution in [3.63, 3.8) is 0 Å². The molecule has 1 aromatic carbocycles. The summed E-state index contributed by atoms with van der Waals surface area (Å²) in [5.41, 5.74) is 2.70. The van der Waals surface area contributed by atoms with Gasteiger partial charge in [0.1, 0.15) is 0 Å². The van der Waals surface area contributed by atoms with Crippen LogP contribution >= 0.6 is 0 Å². The molecule has 0 spiro atoms. The molecule has 0 unspecified atom stereocenters. The fraction of sp³-hybridized carbons (Fsp3) is 0.450. The van der Waals surface area contributed by atoms with Crippen LogP contribution in [0.2, 0.25) is 0 Å². The zero-order chi connectivity index (χ0) is 16.3. The van der Waals surface area contributed by atoms with Crippen molar-refractivity contribution in [3.8, 4) is 0 Å². The molecule has 3 nitrogen and oxygen atoms in total. The first-order chi connectivity index (χ1) is 11.0. The van der Waals surface area contributed by atoms with Crippen LogP contribution in [0.3, 0.4) is 0 Å². The number of rotatable bonds is 3. The Bertz CT molecular complexity index is 607. The van der Waals surface area contributed by atoms with Gasteiger partial charge in [-0.15, -0.1) is 0 Å². The second-order valence-electron chi connectivity index (χ2n) is 7.44. The standard InChI is InChI=1S/C20H26N2O/c1-20(2,3)19-15-22(13-16-9-11-21-12-10-16)14-18(23-19)17-7-5-4-6-8-17/h4-12,18-19H,13-15H2,1-3H3/t18-,19+/m0/s1. The van der Waals surface area contributed by atoms with Crippen molar-refractivity contribution in [2.75, 3.05) is 13.1 Å². The van der Waals surface area contributed by atoms with Crippen LogP contribution in [-0.2, 0) is 11.3 Å². The molecule has 0 radical (unpaired) electrons. The molecule has 0 N–H and O–H groups in total. The highest BCUT2D eigenvalue weighted by Crippen LogP contribution is 2.33. The monoisotopic (exact) mass is 310 g/mol. The molecule has 122 valence electrons. The molecule has 1 aromatic heterocycles. The summed E-state index contributed by atoms with van der Waals surface area (Å²) in [7, 11) is 0. The molecule has 0 aliphatic carbocycles. The van der Waals surface area contributed by atoms with Gasteiger partial charge in [0, 0.05) is 32.0 Å². The summed E-state index contributed by atoms with van der Waals surface area (Å²) in [5.74, 6) is 0. The van der Waals surface area contributed by atoms with E-state index in [1.54, 1.807) is 0 Å². The van der Waals surface area contributed by atoms with E-state index in [0.717, 1.165) is 19.6 Å². The predicted molar refractivity (Wildman–Crippen MR) is 93.0 cm³/mol. The minimum atomic E-state index is 0.129. The maximum Gasteiger partial charge on any atom is 0.0956 e. The lowest BCUT2D eigenvalue weighted by Crippen LogP contribution is -2.48. The molecule has 2 aromatic rings. The first-order valence-electron chi connectivity index (χ1n) is 8.34. The van der Waals surface area contributed by atoms with E-state index in [2.05, 4.69) is 73.1 Å². The van der Waals surface area contributed by atoms with E-state index in [4.69, 9.17) is 4.74 Å². The van der Waals surface area contributed by atoms with Gasteiger partial charge in [-0.2, -0.15) is 0 Å². The first-order valence-corrected chi connectivity index (χ1v) is 8.34. The average molecular weight is 310 g/mol. The van der Waals surface area contributed by atoms with Gasteiger partial charge in [-0.05, 0) is 28.7 Å². The zero-order valence-corrected chi connectivity index (χ0v) is 14.3. The second kappa shape index (κ2) is 6.81. The second-order valence-corrected chi connectivity index (χ2v) is 7.44. The molecule has 2 atom stereocenters. The number of benzene rings is 1. The van der Waals surface area contributed by atoms with E-state index in [1.165, 1.54) is 11.1 Å². The number of morpholine rings is 1. The summed E-state index contributed by atoms with van der Waals surface area (Å²) in [4.78, 5) is 6.62. The fourth-order valence-corrected chi connectivity index (χ4v) is 3.03. The Morgan fingerprint density at radius 1 is 1.04 bits per heavy atom. The Balaban J connectivity index is 1.79. The van der Waals surface area contributed by atoms with Gasteiger partial charge in [0.05, 0.1) is 12.2 Å². The van der Waals surface area contributed by atoms with Gasteiger partial charge in [0.2, 0.25) is 0 Å². The lowest BCUT2D eigenvalue weighted by atomic mass is 9.87. The lowest BCUT2D eigenvalue weighted by molar-refractivity contribution is -0.130. The summed E-state index contributed by atoms with van der Waals surface area (Å²) < 4.78 is 6.45. The maximum atomic E-state index is 6.45. The Morgan fingerprint density at radius 3 is 2.39 bits per heavy atom. The zero-order valence-electron chi connectivity index (χ0n) is 14.3. The normalized spacial score (nSPS) is 22.9. The van der Waals surface area contributed by atoms with Gasteiger partial charge in [-0.3, -0.25) is 9.88 Å². The molecule has 1 saturated heterocycles. The van der Waals surface area contributed by atoms with E-state index in [0.29, 0.717) is 0 Å². The van der Waals surface area contributed by atoms with Crippen LogP contribution < -0.4 is 0 Å². The summed E-state index contributed by atoms with van der Waals surface area (Å²) in [6.07, 6.45) is 4.09. The lowest BCUT2D eigenvalue weighted by Gasteiger charge is -2.43. The van der Waals surface area contributed by atoms with Gasteiger partial charge < -0.3 is 4.74 Å². The number of ether oxygens (including phenoxy) is 1. The summed E-state index contributed by atoms with van der Waals surface area (Å²) in [5, 5.41) is 0. The third-order valence-electron chi connectivity index (χ3n) is 4.47. The van der Waals surface area contributed by atoms with Crippen molar-refractivity contribution in [1.29, 1.82) is 0 Å². The van der Waals surface area contributed by atoms with Crippen molar-refractivity contribution in [2.45, 2.75) is 39.5 Å². The molecule has 3 heteroatoms. The van der Waals surface area contributed by atoms with Crippen LogP contribution in [0.4, 0.5) is 0 Å². The van der Waals surface area contributed by atoms with E-state index in [9.17, 15) is 0 Å². The first kappa shape index (κ1) is 16.2. The summed E-state index contributed by atoms with van der Waals surface area (Å²) in [6, 6.07) is 14.8. The Labute approximate surface area is 139 Å². The molecule has 2 heterocycles. The molecule has 1 aliphatic rings. The van der Waals surface area contributed by atoms with Crippen molar-refractivity contribution in [3.05, 3.63) is 66.0 Å². The van der Waals surface area contributed by atoms with E-state index < -0.39 is 0 Å². The maximum absolute atomic E-state index is 6.45. The van der Waals surface area contributed by atoms with Crippen LogP contribution in [0.25, 0.3) is 0 Å². The number of nitrogens with zero attached hydrogens (tertiary/aromatic N) is 2. The van der Waals surface area contributed by atoms with Gasteiger partial charge in [0.15, 0.2) is 0 Å². The Kier molecular flexibility index (Phi) is 4.79. The third kappa shape index (κ3) is 4.18. The Morgan fingerprint density at radius 2 is 1.74 bits per heavy atom. The largest absolute Gasteiger partial charge is 0.367 e. The highest BCUT2D eigenvalue weighted by molar-refractivity contribution is 5.19. The molecule has 3 rings (SSSR count). The third-order valence-corrected chi connectivity index (χ3v) is 4.47. The van der Waals surface area contributed by atoms with Crippen molar-refractivity contribution < 1.29 is 4.74 Å².